The first kappa shape index (κ1) is 13.2. The Bertz CT molecular complexity index is 488. The Kier molecular flexibility index (Phi) is 4.44. The van der Waals surface area contributed by atoms with Crippen LogP contribution in [-0.2, 0) is 6.42 Å². The molecule has 0 unspecified atom stereocenters. The quantitative estimate of drug-likeness (QED) is 0.898. The number of nitrogens with one attached hydrogen (secondary N) is 1. The van der Waals surface area contributed by atoms with E-state index in [1.165, 1.54) is 5.56 Å². The Morgan fingerprint density at radius 3 is 2.50 bits per heavy atom. The maximum atomic E-state index is 4.25. The lowest BCUT2D eigenvalue weighted by atomic mass is 10.0. The predicted molar refractivity (Wildman–Crippen MR) is 77.1 cm³/mol. The van der Waals surface area contributed by atoms with Gasteiger partial charge in [-0.15, -0.1) is 10.2 Å². The molecule has 1 aromatic heterocycles. The molecule has 0 aliphatic rings. The molecule has 0 saturated carbocycles. The minimum atomic E-state index is 0.569. The zero-order valence-corrected chi connectivity index (χ0v) is 11.9. The second kappa shape index (κ2) is 6.07. The van der Waals surface area contributed by atoms with Crippen LogP contribution < -0.4 is 5.32 Å². The lowest BCUT2D eigenvalue weighted by Crippen LogP contribution is -2.09. The van der Waals surface area contributed by atoms with Crippen molar-refractivity contribution in [2.75, 3.05) is 13.6 Å². The highest BCUT2D eigenvalue weighted by Crippen LogP contribution is 2.25. The number of hydrogen-bond acceptors (Lipinski definition) is 4. The molecule has 0 spiro atoms. The number of hydrogen-bond donors (Lipinski definition) is 1. The third-order valence-corrected chi connectivity index (χ3v) is 3.91. The molecule has 96 valence electrons. The fraction of sp³-hybridized carbons (Fsp3) is 0.429. The molecular formula is C14H19N3S. The van der Waals surface area contributed by atoms with Gasteiger partial charge in [-0.05, 0) is 18.5 Å². The van der Waals surface area contributed by atoms with Crippen molar-refractivity contribution in [2.24, 2.45) is 0 Å². The van der Waals surface area contributed by atoms with E-state index in [0.717, 1.165) is 28.5 Å². The Labute approximate surface area is 112 Å². The first-order chi connectivity index (χ1) is 8.70. The van der Waals surface area contributed by atoms with Crippen molar-refractivity contribution < 1.29 is 0 Å². The summed E-state index contributed by atoms with van der Waals surface area (Å²) in [4.78, 5) is 0. The normalized spacial score (nSPS) is 11.1. The van der Waals surface area contributed by atoms with Gasteiger partial charge in [0.05, 0.1) is 0 Å². The molecule has 18 heavy (non-hydrogen) atoms. The Balaban J connectivity index is 2.13. The van der Waals surface area contributed by atoms with E-state index in [0.29, 0.717) is 5.92 Å². The zero-order chi connectivity index (χ0) is 13.0. The van der Waals surface area contributed by atoms with Gasteiger partial charge in [0.2, 0.25) is 0 Å². The van der Waals surface area contributed by atoms with Crippen molar-refractivity contribution in [3.05, 3.63) is 34.8 Å². The molecule has 0 aliphatic carbocycles. The number of nitrogens with zero attached hydrogens (tertiary/aromatic N) is 2. The van der Waals surface area contributed by atoms with Gasteiger partial charge in [-0.3, -0.25) is 0 Å². The summed E-state index contributed by atoms with van der Waals surface area (Å²) in [5.74, 6) is 0.569. The van der Waals surface area contributed by atoms with Crippen LogP contribution in [0.5, 0.6) is 0 Å². The van der Waals surface area contributed by atoms with Crippen LogP contribution in [0.1, 0.15) is 30.3 Å². The van der Waals surface area contributed by atoms with Gasteiger partial charge in [-0.25, -0.2) is 0 Å². The van der Waals surface area contributed by atoms with Gasteiger partial charge in [0.1, 0.15) is 10.0 Å². The number of benzene rings is 1. The molecule has 0 bridgehead atoms. The average Bonchev–Trinajstić information content (AvgIpc) is 2.85. The summed E-state index contributed by atoms with van der Waals surface area (Å²) in [5.41, 5.74) is 2.52. The predicted octanol–water partition coefficient (Wildman–Crippen LogP) is 3.09. The summed E-state index contributed by atoms with van der Waals surface area (Å²) < 4.78 is 0. The molecule has 1 N–H and O–H groups in total. The number of rotatable bonds is 5. The van der Waals surface area contributed by atoms with Gasteiger partial charge in [0.15, 0.2) is 0 Å². The molecule has 2 aromatic rings. The standard InChI is InChI=1S/C14H19N3S/c1-10(2)11-4-6-12(7-5-11)14-17-16-13(18-14)8-9-15-3/h4-7,10,15H,8-9H2,1-3H3. The van der Waals surface area contributed by atoms with Gasteiger partial charge >= 0.3 is 0 Å². The largest absolute Gasteiger partial charge is 0.319 e. The highest BCUT2D eigenvalue weighted by atomic mass is 32.1. The van der Waals surface area contributed by atoms with E-state index in [9.17, 15) is 0 Å². The molecular weight excluding hydrogens is 242 g/mol. The van der Waals surface area contributed by atoms with Gasteiger partial charge in [-0.2, -0.15) is 0 Å². The second-order valence-electron chi connectivity index (χ2n) is 4.63. The molecule has 0 aliphatic heterocycles. The highest BCUT2D eigenvalue weighted by molar-refractivity contribution is 7.14. The molecule has 0 fully saturated rings. The average molecular weight is 261 g/mol. The fourth-order valence-corrected chi connectivity index (χ4v) is 2.56. The molecule has 1 heterocycles. The molecule has 3 nitrogen and oxygen atoms in total. The SMILES string of the molecule is CNCCc1nnc(-c2ccc(C(C)C)cc2)s1. The highest BCUT2D eigenvalue weighted by Gasteiger charge is 2.07. The first-order valence-electron chi connectivity index (χ1n) is 6.28. The second-order valence-corrected chi connectivity index (χ2v) is 5.69. The van der Waals surface area contributed by atoms with Crippen molar-refractivity contribution in [1.29, 1.82) is 0 Å². The molecule has 0 radical (unpaired) electrons. The van der Waals surface area contributed by atoms with Crippen molar-refractivity contribution in [2.45, 2.75) is 26.2 Å². The summed E-state index contributed by atoms with van der Waals surface area (Å²) in [6.45, 7) is 5.35. The lowest BCUT2D eigenvalue weighted by Gasteiger charge is -2.04. The van der Waals surface area contributed by atoms with Gasteiger partial charge in [0.25, 0.3) is 0 Å². The van der Waals surface area contributed by atoms with Crippen LogP contribution in [0.4, 0.5) is 0 Å². The van der Waals surface area contributed by atoms with Crippen molar-refractivity contribution in [3.63, 3.8) is 0 Å². The van der Waals surface area contributed by atoms with Crippen LogP contribution in [0.15, 0.2) is 24.3 Å². The summed E-state index contributed by atoms with van der Waals surface area (Å²) >= 11 is 1.68. The molecule has 4 heteroatoms. The third-order valence-electron chi connectivity index (χ3n) is 2.88. The van der Waals surface area contributed by atoms with E-state index >= 15 is 0 Å². The molecule has 2 rings (SSSR count). The molecule has 1 aromatic carbocycles. The molecule has 0 atom stereocenters. The van der Waals surface area contributed by atoms with Crippen LogP contribution in [0.2, 0.25) is 0 Å². The minimum absolute atomic E-state index is 0.569. The van der Waals surface area contributed by atoms with E-state index in [-0.39, 0.29) is 0 Å². The monoisotopic (exact) mass is 261 g/mol. The number of aromatic nitrogens is 2. The van der Waals surface area contributed by atoms with Gasteiger partial charge in [0, 0.05) is 18.5 Å². The first-order valence-corrected chi connectivity index (χ1v) is 7.09. The number of likely N-dealkylation sites (N-methyl/N-ethyl adjacent to an activating group) is 1. The zero-order valence-electron chi connectivity index (χ0n) is 11.1. The molecule has 0 saturated heterocycles. The van der Waals surface area contributed by atoms with E-state index in [2.05, 4.69) is 53.6 Å². The van der Waals surface area contributed by atoms with E-state index < -0.39 is 0 Å². The van der Waals surface area contributed by atoms with Crippen LogP contribution >= 0.6 is 11.3 Å². The van der Waals surface area contributed by atoms with Gasteiger partial charge < -0.3 is 5.32 Å². The van der Waals surface area contributed by atoms with Gasteiger partial charge in [-0.1, -0.05) is 49.4 Å². The summed E-state index contributed by atoms with van der Waals surface area (Å²) in [6, 6.07) is 8.62. The Hall–Kier alpha value is -1.26. The smallest absolute Gasteiger partial charge is 0.147 e. The van der Waals surface area contributed by atoms with Crippen LogP contribution in [0.25, 0.3) is 10.6 Å². The molecule has 0 amide bonds. The van der Waals surface area contributed by atoms with Crippen molar-refractivity contribution in [1.82, 2.24) is 15.5 Å². The van der Waals surface area contributed by atoms with Crippen LogP contribution in [0.3, 0.4) is 0 Å². The fourth-order valence-electron chi connectivity index (χ4n) is 1.71. The van der Waals surface area contributed by atoms with E-state index in [1.807, 2.05) is 7.05 Å². The Morgan fingerprint density at radius 2 is 1.89 bits per heavy atom. The summed E-state index contributed by atoms with van der Waals surface area (Å²) in [7, 11) is 1.95. The maximum Gasteiger partial charge on any atom is 0.147 e. The van der Waals surface area contributed by atoms with Crippen LogP contribution in [-0.4, -0.2) is 23.8 Å². The topological polar surface area (TPSA) is 37.8 Å². The summed E-state index contributed by atoms with van der Waals surface area (Å²) in [5, 5.41) is 13.7. The van der Waals surface area contributed by atoms with Crippen LogP contribution in [0, 0.1) is 0 Å². The summed E-state index contributed by atoms with van der Waals surface area (Å²) in [6.07, 6.45) is 0.943. The van der Waals surface area contributed by atoms with E-state index in [1.54, 1.807) is 11.3 Å². The minimum Gasteiger partial charge on any atom is -0.319 e. The lowest BCUT2D eigenvalue weighted by molar-refractivity contribution is 0.779. The van der Waals surface area contributed by atoms with Crippen molar-refractivity contribution >= 4 is 11.3 Å². The Morgan fingerprint density at radius 1 is 1.17 bits per heavy atom. The third kappa shape index (κ3) is 3.15. The van der Waals surface area contributed by atoms with E-state index in [4.69, 9.17) is 0 Å². The van der Waals surface area contributed by atoms with Crippen molar-refractivity contribution in [3.8, 4) is 10.6 Å². The maximum absolute atomic E-state index is 4.25.